The standard InChI is InChI=1S/C22H23N3O2S/c1-27-18-11-7-8-16(14-18)15-19-21(26)25(17-9-3-2-4-10-17)22(28-19)24-20-12-5-6-13-23-20/h5-8,11-15,17H,2-4,9-10H2,1H3/b19-15-,24-22+. The molecule has 28 heavy (non-hydrogen) atoms. The van der Waals surface area contributed by atoms with Crippen molar-refractivity contribution in [2.45, 2.75) is 38.1 Å². The predicted molar refractivity (Wildman–Crippen MR) is 114 cm³/mol. The monoisotopic (exact) mass is 393 g/mol. The van der Waals surface area contributed by atoms with Crippen molar-refractivity contribution in [1.82, 2.24) is 9.88 Å². The van der Waals surface area contributed by atoms with Gasteiger partial charge in [0, 0.05) is 12.2 Å². The molecular weight excluding hydrogens is 370 g/mol. The van der Waals surface area contributed by atoms with Gasteiger partial charge in [-0.1, -0.05) is 37.5 Å². The normalized spacial score (nSPS) is 20.9. The van der Waals surface area contributed by atoms with Gasteiger partial charge in [-0.2, -0.15) is 0 Å². The fourth-order valence-corrected chi connectivity index (χ4v) is 4.67. The minimum atomic E-state index is 0.0365. The topological polar surface area (TPSA) is 54.8 Å². The van der Waals surface area contributed by atoms with Crippen molar-refractivity contribution in [3.63, 3.8) is 0 Å². The summed E-state index contributed by atoms with van der Waals surface area (Å²) in [5.41, 5.74) is 0.942. The highest BCUT2D eigenvalue weighted by Crippen LogP contribution is 2.38. The Morgan fingerprint density at radius 3 is 2.79 bits per heavy atom. The number of nitrogens with zero attached hydrogens (tertiary/aromatic N) is 3. The summed E-state index contributed by atoms with van der Waals surface area (Å²) in [6, 6.07) is 13.6. The zero-order valence-corrected chi connectivity index (χ0v) is 16.7. The number of hydrogen-bond acceptors (Lipinski definition) is 5. The molecule has 0 unspecified atom stereocenters. The molecule has 2 aromatic rings. The van der Waals surface area contributed by atoms with E-state index >= 15 is 0 Å². The number of carbonyl (C=O) groups is 1. The summed E-state index contributed by atoms with van der Waals surface area (Å²) < 4.78 is 5.30. The van der Waals surface area contributed by atoms with E-state index in [0.29, 0.717) is 10.7 Å². The van der Waals surface area contributed by atoms with Crippen LogP contribution in [0.2, 0.25) is 0 Å². The van der Waals surface area contributed by atoms with E-state index in [0.717, 1.165) is 42.2 Å². The maximum Gasteiger partial charge on any atom is 0.267 e. The third-order valence-corrected chi connectivity index (χ3v) is 6.01. The summed E-state index contributed by atoms with van der Waals surface area (Å²) in [7, 11) is 1.64. The number of amidine groups is 1. The smallest absolute Gasteiger partial charge is 0.267 e. The summed E-state index contributed by atoms with van der Waals surface area (Å²) in [5.74, 6) is 1.44. The number of aliphatic imine (C=N–C) groups is 1. The summed E-state index contributed by atoms with van der Waals surface area (Å²) in [6.07, 6.45) is 9.26. The van der Waals surface area contributed by atoms with Crippen molar-refractivity contribution in [2.75, 3.05) is 7.11 Å². The van der Waals surface area contributed by atoms with E-state index in [9.17, 15) is 4.79 Å². The molecule has 1 saturated heterocycles. The molecule has 0 radical (unpaired) electrons. The van der Waals surface area contributed by atoms with E-state index in [4.69, 9.17) is 9.73 Å². The number of hydrogen-bond donors (Lipinski definition) is 0. The van der Waals surface area contributed by atoms with Crippen LogP contribution in [0.25, 0.3) is 6.08 Å². The lowest BCUT2D eigenvalue weighted by molar-refractivity contribution is -0.124. The maximum absolute atomic E-state index is 13.3. The van der Waals surface area contributed by atoms with Crippen LogP contribution >= 0.6 is 11.8 Å². The molecule has 0 atom stereocenters. The lowest BCUT2D eigenvalue weighted by Crippen LogP contribution is -2.40. The van der Waals surface area contributed by atoms with Crippen LogP contribution in [0.5, 0.6) is 5.75 Å². The highest BCUT2D eigenvalue weighted by atomic mass is 32.2. The molecular formula is C22H23N3O2S. The summed E-state index contributed by atoms with van der Waals surface area (Å²) in [4.78, 5) is 24.9. The van der Waals surface area contributed by atoms with Crippen molar-refractivity contribution < 1.29 is 9.53 Å². The average Bonchev–Trinajstić information content (AvgIpc) is 3.04. The van der Waals surface area contributed by atoms with Crippen LogP contribution in [0.4, 0.5) is 5.82 Å². The van der Waals surface area contributed by atoms with Gasteiger partial charge < -0.3 is 4.74 Å². The van der Waals surface area contributed by atoms with E-state index in [2.05, 4.69) is 4.98 Å². The van der Waals surface area contributed by atoms with E-state index in [1.807, 2.05) is 53.4 Å². The Bertz CT molecular complexity index is 905. The van der Waals surface area contributed by atoms with E-state index in [1.165, 1.54) is 18.2 Å². The van der Waals surface area contributed by atoms with Crippen molar-refractivity contribution in [3.8, 4) is 5.75 Å². The number of rotatable bonds is 4. The first-order chi connectivity index (χ1) is 13.7. The molecule has 1 aromatic carbocycles. The van der Waals surface area contributed by atoms with Gasteiger partial charge in [-0.3, -0.25) is 9.69 Å². The van der Waals surface area contributed by atoms with Crippen LogP contribution in [0.3, 0.4) is 0 Å². The van der Waals surface area contributed by atoms with Crippen LogP contribution in [0.15, 0.2) is 58.6 Å². The summed E-state index contributed by atoms with van der Waals surface area (Å²) in [5, 5.41) is 0.727. The first-order valence-corrected chi connectivity index (χ1v) is 10.4. The Hall–Kier alpha value is -2.60. The third kappa shape index (κ3) is 4.12. The Labute approximate surface area is 169 Å². The number of carbonyl (C=O) groups excluding carboxylic acids is 1. The number of benzene rings is 1. The van der Waals surface area contributed by atoms with Crippen molar-refractivity contribution in [2.24, 2.45) is 4.99 Å². The molecule has 5 nitrogen and oxygen atoms in total. The fourth-order valence-electron chi connectivity index (χ4n) is 3.63. The minimum Gasteiger partial charge on any atom is -0.497 e. The molecule has 4 rings (SSSR count). The van der Waals surface area contributed by atoms with Gasteiger partial charge in [-0.05, 0) is 60.5 Å². The highest BCUT2D eigenvalue weighted by molar-refractivity contribution is 8.18. The van der Waals surface area contributed by atoms with E-state index in [1.54, 1.807) is 13.3 Å². The second-order valence-corrected chi connectivity index (χ2v) is 7.95. The maximum atomic E-state index is 13.3. The first-order valence-electron chi connectivity index (χ1n) is 9.61. The van der Waals surface area contributed by atoms with E-state index < -0.39 is 0 Å². The van der Waals surface area contributed by atoms with Crippen molar-refractivity contribution in [1.29, 1.82) is 0 Å². The SMILES string of the molecule is COc1cccc(/C=C2\S/C(=N/c3ccccn3)N(C3CCCCC3)C2=O)c1. The molecule has 2 aliphatic rings. The number of methoxy groups -OCH3 is 1. The largest absolute Gasteiger partial charge is 0.497 e. The molecule has 1 aliphatic heterocycles. The molecule has 2 fully saturated rings. The fraction of sp³-hybridized carbons (Fsp3) is 0.318. The lowest BCUT2D eigenvalue weighted by Gasteiger charge is -2.30. The highest BCUT2D eigenvalue weighted by Gasteiger charge is 2.38. The molecule has 0 bridgehead atoms. The number of pyridine rings is 1. The molecule has 6 heteroatoms. The van der Waals surface area contributed by atoms with Gasteiger partial charge in [0.2, 0.25) is 0 Å². The number of amides is 1. The van der Waals surface area contributed by atoms with Gasteiger partial charge in [0.25, 0.3) is 5.91 Å². The molecule has 1 aromatic heterocycles. The van der Waals surface area contributed by atoms with E-state index in [-0.39, 0.29) is 11.9 Å². The van der Waals surface area contributed by atoms with Gasteiger partial charge in [0.1, 0.15) is 5.75 Å². The van der Waals surface area contributed by atoms with Crippen molar-refractivity contribution >= 4 is 34.7 Å². The Morgan fingerprint density at radius 1 is 1.18 bits per heavy atom. The molecule has 144 valence electrons. The molecule has 0 N–H and O–H groups in total. The predicted octanol–water partition coefficient (Wildman–Crippen LogP) is 5.03. The number of aromatic nitrogens is 1. The zero-order chi connectivity index (χ0) is 19.3. The summed E-state index contributed by atoms with van der Waals surface area (Å²) in [6.45, 7) is 0. The third-order valence-electron chi connectivity index (χ3n) is 5.03. The van der Waals surface area contributed by atoms with Gasteiger partial charge in [0.15, 0.2) is 11.0 Å². The van der Waals surface area contributed by atoms with Gasteiger partial charge in [0.05, 0.1) is 12.0 Å². The van der Waals surface area contributed by atoms with Crippen LogP contribution in [-0.4, -0.2) is 34.1 Å². The Balaban J connectivity index is 1.69. The quantitative estimate of drug-likeness (QED) is 0.684. The molecule has 0 spiro atoms. The lowest BCUT2D eigenvalue weighted by atomic mass is 9.94. The number of thioether (sulfide) groups is 1. The van der Waals surface area contributed by atoms with Crippen LogP contribution in [-0.2, 0) is 4.79 Å². The van der Waals surface area contributed by atoms with Crippen LogP contribution in [0.1, 0.15) is 37.7 Å². The minimum absolute atomic E-state index is 0.0365. The Morgan fingerprint density at radius 2 is 2.04 bits per heavy atom. The summed E-state index contributed by atoms with van der Waals surface area (Å²) >= 11 is 1.43. The van der Waals surface area contributed by atoms with Gasteiger partial charge in [-0.15, -0.1) is 0 Å². The molecule has 1 aliphatic carbocycles. The van der Waals surface area contributed by atoms with Crippen LogP contribution in [0, 0.1) is 0 Å². The molecule has 1 saturated carbocycles. The average molecular weight is 394 g/mol. The number of ether oxygens (including phenoxy) is 1. The molecule has 2 heterocycles. The zero-order valence-electron chi connectivity index (χ0n) is 15.9. The Kier molecular flexibility index (Phi) is 5.76. The van der Waals surface area contributed by atoms with Gasteiger partial charge >= 0.3 is 0 Å². The van der Waals surface area contributed by atoms with Crippen LogP contribution < -0.4 is 4.74 Å². The second-order valence-electron chi connectivity index (χ2n) is 6.94. The second kappa shape index (κ2) is 8.61. The van der Waals surface area contributed by atoms with Crippen molar-refractivity contribution in [3.05, 3.63) is 59.1 Å². The molecule has 1 amide bonds. The van der Waals surface area contributed by atoms with Gasteiger partial charge in [-0.25, -0.2) is 9.98 Å². The first kappa shape index (κ1) is 18.7.